The molecule has 1 amide bonds. The third-order valence-corrected chi connectivity index (χ3v) is 3.47. The molecule has 5 N–H and O–H groups in total. The lowest BCUT2D eigenvalue weighted by atomic mass is 10.3. The topological polar surface area (TPSA) is 115 Å². The van der Waals surface area contributed by atoms with Crippen LogP contribution in [0.3, 0.4) is 0 Å². The summed E-state index contributed by atoms with van der Waals surface area (Å²) >= 11 is 0. The van der Waals surface area contributed by atoms with Gasteiger partial charge in [0.1, 0.15) is 0 Å². The van der Waals surface area contributed by atoms with Crippen molar-refractivity contribution in [3.05, 3.63) is 0 Å². The van der Waals surface area contributed by atoms with Gasteiger partial charge in [0.15, 0.2) is 9.84 Å². The van der Waals surface area contributed by atoms with Crippen molar-refractivity contribution < 1.29 is 13.2 Å². The number of nitrogens with two attached hydrogens (primary N) is 2. The SMILES string of the molecule is CCS(=O)(=O)CCNCC(N)C(N)=O. The van der Waals surface area contributed by atoms with Crippen molar-refractivity contribution in [2.24, 2.45) is 11.5 Å². The summed E-state index contributed by atoms with van der Waals surface area (Å²) in [5.74, 6) is -0.429. The van der Waals surface area contributed by atoms with Crippen LogP contribution in [0.4, 0.5) is 0 Å². The van der Waals surface area contributed by atoms with Gasteiger partial charge in [-0.2, -0.15) is 0 Å². The van der Waals surface area contributed by atoms with Crippen LogP contribution in [0, 0.1) is 0 Å². The van der Waals surface area contributed by atoms with Crippen molar-refractivity contribution in [3.63, 3.8) is 0 Å². The largest absolute Gasteiger partial charge is 0.368 e. The summed E-state index contributed by atoms with van der Waals surface area (Å²) in [6.45, 7) is 2.08. The number of hydrogen-bond acceptors (Lipinski definition) is 5. The van der Waals surface area contributed by atoms with E-state index < -0.39 is 21.8 Å². The quantitative estimate of drug-likeness (QED) is 0.425. The molecule has 0 aliphatic heterocycles. The number of carbonyl (C=O) groups excluding carboxylic acids is 1. The van der Waals surface area contributed by atoms with Gasteiger partial charge in [0.2, 0.25) is 5.91 Å². The Kier molecular flexibility index (Phi) is 5.66. The molecule has 14 heavy (non-hydrogen) atoms. The molecule has 0 heterocycles. The second-order valence-electron chi connectivity index (χ2n) is 2.95. The van der Waals surface area contributed by atoms with Crippen LogP contribution in [0.1, 0.15) is 6.92 Å². The van der Waals surface area contributed by atoms with Crippen molar-refractivity contribution in [2.45, 2.75) is 13.0 Å². The van der Waals surface area contributed by atoms with E-state index in [-0.39, 0.29) is 24.6 Å². The van der Waals surface area contributed by atoms with E-state index in [1.165, 1.54) is 0 Å². The van der Waals surface area contributed by atoms with E-state index in [4.69, 9.17) is 11.5 Å². The fourth-order valence-corrected chi connectivity index (χ4v) is 1.47. The van der Waals surface area contributed by atoms with Crippen LogP contribution < -0.4 is 16.8 Å². The van der Waals surface area contributed by atoms with E-state index in [2.05, 4.69) is 5.32 Å². The number of rotatable bonds is 7. The van der Waals surface area contributed by atoms with Gasteiger partial charge in [-0.3, -0.25) is 4.79 Å². The Morgan fingerprint density at radius 1 is 1.50 bits per heavy atom. The highest BCUT2D eigenvalue weighted by atomic mass is 32.2. The summed E-state index contributed by atoms with van der Waals surface area (Å²) in [4.78, 5) is 10.5. The molecule has 0 spiro atoms. The fraction of sp³-hybridized carbons (Fsp3) is 0.857. The Morgan fingerprint density at radius 3 is 2.50 bits per heavy atom. The molecule has 0 bridgehead atoms. The third kappa shape index (κ3) is 5.90. The average Bonchev–Trinajstić information content (AvgIpc) is 2.12. The standard InChI is InChI=1S/C7H17N3O3S/c1-2-14(12,13)4-3-10-5-6(8)7(9)11/h6,10H,2-5,8H2,1H3,(H2,9,11). The predicted octanol–water partition coefficient (Wildman–Crippen LogP) is -2.18. The van der Waals surface area contributed by atoms with E-state index in [1.807, 2.05) is 0 Å². The Hall–Kier alpha value is -0.660. The first-order valence-corrected chi connectivity index (χ1v) is 6.17. The molecule has 0 aromatic heterocycles. The maximum absolute atomic E-state index is 11.0. The highest BCUT2D eigenvalue weighted by Crippen LogP contribution is 1.86. The molecule has 0 aromatic carbocycles. The molecule has 0 fully saturated rings. The Morgan fingerprint density at radius 2 is 2.07 bits per heavy atom. The molecule has 0 radical (unpaired) electrons. The van der Waals surface area contributed by atoms with Gasteiger partial charge in [0.25, 0.3) is 0 Å². The van der Waals surface area contributed by atoms with Gasteiger partial charge in [0.05, 0.1) is 11.8 Å². The van der Waals surface area contributed by atoms with Crippen molar-refractivity contribution in [3.8, 4) is 0 Å². The number of amides is 1. The molecule has 0 saturated heterocycles. The molecule has 0 aromatic rings. The zero-order valence-electron chi connectivity index (χ0n) is 8.19. The minimum Gasteiger partial charge on any atom is -0.368 e. The van der Waals surface area contributed by atoms with Crippen LogP contribution in [-0.2, 0) is 14.6 Å². The van der Waals surface area contributed by atoms with Crippen molar-refractivity contribution in [1.82, 2.24) is 5.32 Å². The summed E-state index contributed by atoms with van der Waals surface area (Å²) in [5, 5.41) is 2.75. The Labute approximate surface area is 83.9 Å². The molecule has 1 atom stereocenters. The van der Waals surface area contributed by atoms with Crippen LogP contribution in [0.25, 0.3) is 0 Å². The summed E-state index contributed by atoms with van der Waals surface area (Å²) in [6.07, 6.45) is 0. The fourth-order valence-electron chi connectivity index (χ4n) is 0.730. The zero-order valence-corrected chi connectivity index (χ0v) is 9.01. The Balaban J connectivity index is 3.62. The smallest absolute Gasteiger partial charge is 0.235 e. The molecule has 6 nitrogen and oxygen atoms in total. The van der Waals surface area contributed by atoms with Gasteiger partial charge >= 0.3 is 0 Å². The number of primary amides is 1. The summed E-state index contributed by atoms with van der Waals surface area (Å²) in [6, 6.07) is -0.765. The van der Waals surface area contributed by atoms with E-state index in [0.717, 1.165) is 0 Å². The number of carbonyl (C=O) groups is 1. The van der Waals surface area contributed by atoms with Crippen LogP contribution in [0.5, 0.6) is 0 Å². The van der Waals surface area contributed by atoms with E-state index >= 15 is 0 Å². The minimum absolute atomic E-state index is 0.0506. The van der Waals surface area contributed by atoms with Gasteiger partial charge in [-0.1, -0.05) is 6.92 Å². The van der Waals surface area contributed by atoms with E-state index in [0.29, 0.717) is 0 Å². The molecule has 0 aliphatic carbocycles. The second kappa shape index (κ2) is 5.94. The van der Waals surface area contributed by atoms with E-state index in [9.17, 15) is 13.2 Å². The number of nitrogens with one attached hydrogen (secondary N) is 1. The molecule has 84 valence electrons. The van der Waals surface area contributed by atoms with Crippen LogP contribution in [0.15, 0.2) is 0 Å². The van der Waals surface area contributed by atoms with Gasteiger partial charge in [-0.15, -0.1) is 0 Å². The second-order valence-corrected chi connectivity index (χ2v) is 5.42. The first kappa shape index (κ1) is 13.3. The molecule has 7 heteroatoms. The summed E-state index contributed by atoms with van der Waals surface area (Å²) < 4.78 is 22.0. The minimum atomic E-state index is -2.96. The van der Waals surface area contributed by atoms with Crippen molar-refractivity contribution >= 4 is 15.7 Å². The lowest BCUT2D eigenvalue weighted by Gasteiger charge is -2.08. The first-order valence-electron chi connectivity index (χ1n) is 4.35. The molecule has 0 saturated carbocycles. The highest BCUT2D eigenvalue weighted by molar-refractivity contribution is 7.91. The molecule has 0 rings (SSSR count). The summed E-state index contributed by atoms with van der Waals surface area (Å²) in [5.41, 5.74) is 10.2. The van der Waals surface area contributed by atoms with Crippen molar-refractivity contribution in [1.29, 1.82) is 0 Å². The zero-order chi connectivity index (χ0) is 11.2. The molecule has 1 unspecified atom stereocenters. The predicted molar refractivity (Wildman–Crippen MR) is 54.4 cm³/mol. The molecular weight excluding hydrogens is 206 g/mol. The maximum atomic E-state index is 11.0. The Bertz CT molecular complexity index is 276. The van der Waals surface area contributed by atoms with Gasteiger partial charge in [-0.05, 0) is 0 Å². The van der Waals surface area contributed by atoms with Gasteiger partial charge in [-0.25, -0.2) is 8.42 Å². The maximum Gasteiger partial charge on any atom is 0.235 e. The van der Waals surface area contributed by atoms with Crippen LogP contribution >= 0.6 is 0 Å². The van der Waals surface area contributed by atoms with Crippen LogP contribution in [0.2, 0.25) is 0 Å². The van der Waals surface area contributed by atoms with Gasteiger partial charge < -0.3 is 16.8 Å². The van der Waals surface area contributed by atoms with Crippen LogP contribution in [-0.4, -0.2) is 45.0 Å². The monoisotopic (exact) mass is 223 g/mol. The van der Waals surface area contributed by atoms with Gasteiger partial charge in [0, 0.05) is 18.8 Å². The van der Waals surface area contributed by atoms with Crippen molar-refractivity contribution in [2.75, 3.05) is 24.6 Å². The number of sulfone groups is 1. The number of hydrogen-bond donors (Lipinski definition) is 3. The molecular formula is C7H17N3O3S. The normalized spacial score (nSPS) is 13.9. The third-order valence-electron chi connectivity index (χ3n) is 1.76. The lowest BCUT2D eigenvalue weighted by Crippen LogP contribution is -2.45. The lowest BCUT2D eigenvalue weighted by molar-refractivity contribution is -0.119. The summed E-state index contributed by atoms with van der Waals surface area (Å²) in [7, 11) is -2.96. The highest BCUT2D eigenvalue weighted by Gasteiger charge is 2.09. The van der Waals surface area contributed by atoms with E-state index in [1.54, 1.807) is 6.92 Å². The average molecular weight is 223 g/mol. The molecule has 0 aliphatic rings. The first-order chi connectivity index (χ1) is 6.39.